The first-order valence-electron chi connectivity index (χ1n) is 6.90. The predicted octanol–water partition coefficient (Wildman–Crippen LogP) is 1.86. The number of hydrogen-bond donors (Lipinski definition) is 2. The van der Waals surface area contributed by atoms with Gasteiger partial charge in [-0.3, -0.25) is 4.79 Å². The number of rotatable bonds is 5. The summed E-state index contributed by atoms with van der Waals surface area (Å²) in [6, 6.07) is 0. The first-order valence-corrected chi connectivity index (χ1v) is 6.90. The zero-order valence-electron chi connectivity index (χ0n) is 12.1. The molecule has 106 valence electrons. The Morgan fingerprint density at radius 1 is 1.50 bits per heavy atom. The van der Waals surface area contributed by atoms with Crippen LogP contribution in [0.15, 0.2) is 0 Å². The van der Waals surface area contributed by atoms with Crippen molar-refractivity contribution in [2.24, 2.45) is 5.92 Å². The Hall–Kier alpha value is -0.610. The van der Waals surface area contributed by atoms with Crippen LogP contribution in [-0.4, -0.2) is 35.9 Å². The van der Waals surface area contributed by atoms with Crippen molar-refractivity contribution in [3.8, 4) is 0 Å². The molecular formula is C14H27NO3. The van der Waals surface area contributed by atoms with Gasteiger partial charge in [-0.2, -0.15) is 0 Å². The largest absolute Gasteiger partial charge is 0.394 e. The summed E-state index contributed by atoms with van der Waals surface area (Å²) in [7, 11) is 1.55. The summed E-state index contributed by atoms with van der Waals surface area (Å²) < 4.78 is 5.31. The number of methoxy groups -OCH3 is 1. The molecule has 1 fully saturated rings. The average molecular weight is 257 g/mol. The molecule has 0 aliphatic heterocycles. The van der Waals surface area contributed by atoms with E-state index in [1.165, 1.54) is 0 Å². The van der Waals surface area contributed by atoms with Crippen molar-refractivity contribution in [1.82, 2.24) is 5.32 Å². The molecular weight excluding hydrogens is 230 g/mol. The van der Waals surface area contributed by atoms with E-state index < -0.39 is 11.1 Å². The van der Waals surface area contributed by atoms with E-state index in [0.29, 0.717) is 12.3 Å². The number of carbonyl (C=O) groups is 1. The third-order valence-corrected chi connectivity index (χ3v) is 4.52. The highest BCUT2D eigenvalue weighted by Gasteiger charge is 2.40. The van der Waals surface area contributed by atoms with Crippen molar-refractivity contribution in [3.63, 3.8) is 0 Å². The van der Waals surface area contributed by atoms with Gasteiger partial charge in [-0.1, -0.05) is 13.8 Å². The van der Waals surface area contributed by atoms with Crippen LogP contribution in [-0.2, 0) is 9.53 Å². The minimum atomic E-state index is -0.800. The molecule has 4 heteroatoms. The zero-order chi connectivity index (χ0) is 13.8. The van der Waals surface area contributed by atoms with Gasteiger partial charge < -0.3 is 15.2 Å². The molecule has 1 aliphatic rings. The van der Waals surface area contributed by atoms with Gasteiger partial charge >= 0.3 is 0 Å². The van der Waals surface area contributed by atoms with Gasteiger partial charge in [-0.15, -0.1) is 0 Å². The molecule has 0 bridgehead atoms. The molecule has 4 nitrogen and oxygen atoms in total. The minimum absolute atomic E-state index is 0.00890. The van der Waals surface area contributed by atoms with Gasteiger partial charge in [0.25, 0.3) is 5.91 Å². The van der Waals surface area contributed by atoms with Crippen LogP contribution < -0.4 is 5.32 Å². The predicted molar refractivity (Wildman–Crippen MR) is 71.3 cm³/mol. The Morgan fingerprint density at radius 3 is 2.44 bits per heavy atom. The van der Waals surface area contributed by atoms with Gasteiger partial charge in [-0.05, 0) is 44.9 Å². The fourth-order valence-electron chi connectivity index (χ4n) is 2.41. The summed E-state index contributed by atoms with van der Waals surface area (Å²) >= 11 is 0. The van der Waals surface area contributed by atoms with Crippen LogP contribution in [0.25, 0.3) is 0 Å². The number of hydrogen-bond acceptors (Lipinski definition) is 3. The lowest BCUT2D eigenvalue weighted by atomic mass is 9.77. The SMILES string of the molecule is CCC(C)(OC)C(=O)NC1(CO)CCC(C)CC1. The number of amides is 1. The molecule has 0 aromatic heterocycles. The highest BCUT2D eigenvalue weighted by molar-refractivity contribution is 5.85. The molecule has 0 spiro atoms. The van der Waals surface area contributed by atoms with Crippen molar-refractivity contribution in [1.29, 1.82) is 0 Å². The number of aliphatic hydroxyl groups is 1. The van der Waals surface area contributed by atoms with E-state index in [0.717, 1.165) is 25.7 Å². The van der Waals surface area contributed by atoms with E-state index in [2.05, 4.69) is 12.2 Å². The molecule has 0 saturated heterocycles. The Labute approximate surface area is 110 Å². The normalized spacial score (nSPS) is 31.7. The lowest BCUT2D eigenvalue weighted by Crippen LogP contribution is -2.59. The molecule has 1 rings (SSSR count). The molecule has 1 atom stereocenters. The molecule has 1 saturated carbocycles. The molecule has 1 amide bonds. The second-order valence-corrected chi connectivity index (χ2v) is 5.86. The number of nitrogens with one attached hydrogen (secondary N) is 1. The maximum absolute atomic E-state index is 12.3. The van der Waals surface area contributed by atoms with E-state index in [4.69, 9.17) is 4.74 Å². The molecule has 2 N–H and O–H groups in total. The highest BCUT2D eigenvalue weighted by Crippen LogP contribution is 2.32. The highest BCUT2D eigenvalue weighted by atomic mass is 16.5. The maximum atomic E-state index is 12.3. The van der Waals surface area contributed by atoms with Gasteiger partial charge in [0, 0.05) is 7.11 Å². The summed E-state index contributed by atoms with van der Waals surface area (Å²) in [5.74, 6) is 0.567. The van der Waals surface area contributed by atoms with Gasteiger partial charge in [0.05, 0.1) is 12.1 Å². The molecule has 0 aromatic rings. The van der Waals surface area contributed by atoms with E-state index in [1.807, 2.05) is 6.92 Å². The number of carbonyl (C=O) groups excluding carboxylic acids is 1. The summed E-state index contributed by atoms with van der Waals surface area (Å²) in [4.78, 5) is 12.3. The number of aliphatic hydroxyl groups excluding tert-OH is 1. The summed E-state index contributed by atoms with van der Waals surface area (Å²) in [6.45, 7) is 5.94. The van der Waals surface area contributed by atoms with Crippen molar-refractivity contribution in [2.75, 3.05) is 13.7 Å². The fourth-order valence-corrected chi connectivity index (χ4v) is 2.41. The van der Waals surface area contributed by atoms with Crippen LogP contribution >= 0.6 is 0 Å². The summed E-state index contributed by atoms with van der Waals surface area (Å²) in [5, 5.41) is 12.7. The molecule has 0 radical (unpaired) electrons. The van der Waals surface area contributed by atoms with Crippen molar-refractivity contribution >= 4 is 5.91 Å². The van der Waals surface area contributed by atoms with Crippen molar-refractivity contribution in [2.45, 2.75) is 64.0 Å². The quantitative estimate of drug-likeness (QED) is 0.790. The van der Waals surface area contributed by atoms with Crippen molar-refractivity contribution in [3.05, 3.63) is 0 Å². The number of ether oxygens (including phenoxy) is 1. The maximum Gasteiger partial charge on any atom is 0.252 e. The van der Waals surface area contributed by atoms with Crippen LogP contribution in [0.5, 0.6) is 0 Å². The van der Waals surface area contributed by atoms with Gasteiger partial charge in [-0.25, -0.2) is 0 Å². The van der Waals surface area contributed by atoms with E-state index >= 15 is 0 Å². The first-order chi connectivity index (χ1) is 8.41. The third-order valence-electron chi connectivity index (χ3n) is 4.52. The van der Waals surface area contributed by atoms with Crippen LogP contribution in [0.1, 0.15) is 52.9 Å². The van der Waals surface area contributed by atoms with Crippen molar-refractivity contribution < 1.29 is 14.6 Å². The lowest BCUT2D eigenvalue weighted by Gasteiger charge is -2.41. The zero-order valence-corrected chi connectivity index (χ0v) is 12.1. The van der Waals surface area contributed by atoms with Crippen LogP contribution in [0.3, 0.4) is 0 Å². The second-order valence-electron chi connectivity index (χ2n) is 5.86. The Kier molecular flexibility index (Phi) is 5.17. The monoisotopic (exact) mass is 257 g/mol. The Bertz CT molecular complexity index is 279. The standard InChI is InChI=1S/C14H27NO3/c1-5-13(3,18-4)12(17)15-14(10-16)8-6-11(2)7-9-14/h11,16H,5-10H2,1-4H3,(H,15,17). The smallest absolute Gasteiger partial charge is 0.252 e. The Morgan fingerprint density at radius 2 is 2.06 bits per heavy atom. The first kappa shape index (κ1) is 15.4. The lowest BCUT2D eigenvalue weighted by molar-refractivity contribution is -0.145. The molecule has 1 unspecified atom stereocenters. The average Bonchev–Trinajstić information content (AvgIpc) is 2.40. The van der Waals surface area contributed by atoms with E-state index in [-0.39, 0.29) is 12.5 Å². The van der Waals surface area contributed by atoms with Crippen LogP contribution in [0.4, 0.5) is 0 Å². The topological polar surface area (TPSA) is 58.6 Å². The fraction of sp³-hybridized carbons (Fsp3) is 0.929. The molecule has 0 heterocycles. The molecule has 0 aromatic carbocycles. The minimum Gasteiger partial charge on any atom is -0.394 e. The third kappa shape index (κ3) is 3.23. The van der Waals surface area contributed by atoms with Gasteiger partial charge in [0.1, 0.15) is 5.60 Å². The van der Waals surface area contributed by atoms with E-state index in [1.54, 1.807) is 14.0 Å². The summed E-state index contributed by atoms with van der Waals surface area (Å²) in [5.41, 5.74) is -1.25. The summed E-state index contributed by atoms with van der Waals surface area (Å²) in [6.07, 6.45) is 4.42. The molecule has 18 heavy (non-hydrogen) atoms. The van der Waals surface area contributed by atoms with Gasteiger partial charge in [0.2, 0.25) is 0 Å². The van der Waals surface area contributed by atoms with Gasteiger partial charge in [0.15, 0.2) is 0 Å². The van der Waals surface area contributed by atoms with Crippen LogP contribution in [0.2, 0.25) is 0 Å². The molecule has 1 aliphatic carbocycles. The van der Waals surface area contributed by atoms with E-state index in [9.17, 15) is 9.90 Å². The second kappa shape index (κ2) is 6.02. The Balaban J connectivity index is 2.71. The van der Waals surface area contributed by atoms with Crippen LogP contribution in [0, 0.1) is 5.92 Å².